The minimum atomic E-state index is -4.87. The standard InChI is InChI=1S/C29H17F5N4O.C28H20F4N4O2.C27H17F5N4O.C27H21FN4O/c1-3-17-9-10-19(13-23(17)29(32,33)34)37-28(39)22-12-18(14-35-16(22)2)20-7-5-11-38-25(20)15-36-27(38)21-6-4-8-24(30)26(21)31;1-16-22(27(37)35-18-8-10-19(11-9-18)38-28(2,31)32)13-17(14-33-16)20-6-4-12-36-24(20)15-34-26(36)21-5-3-7-23(29)25(21)30;1-15-7-9-17(10-8-15)35-26(37)20-12-16(13-33-24(20)27(30,31)32)18-5-3-11-36-22(18)14-34-25(36)19-4-2-6-21(28)23(19)29;1-17-9-11-20(12-10-17)31-27(33)23-14-19(15-29-18(23)2)21-7-5-13-32-25(21)16-30-26(32)22-6-3-4-8-24(22)28/h1,4-15H,2H3,(H,37,39);3-15H,1-2H3,(H,35,37);2-14H,1H3,(H,35,37);3-16H,1-2H3,(H,31,33). The number of hydrogen-bond donors (Lipinski definition) is 4. The second-order valence-electron chi connectivity index (χ2n) is 33.4. The van der Waals surface area contributed by atoms with Gasteiger partial charge in [0, 0.05) is 129 Å². The first kappa shape index (κ1) is 99.9. The van der Waals surface area contributed by atoms with E-state index < -0.39 is 87.9 Å². The molecule has 0 aliphatic rings. The molecule has 12 aromatic heterocycles. The predicted molar refractivity (Wildman–Crippen MR) is 526 cm³/mol. The van der Waals surface area contributed by atoms with E-state index in [1.165, 1.54) is 102 Å². The molecule has 147 heavy (non-hydrogen) atoms. The van der Waals surface area contributed by atoms with E-state index in [-0.39, 0.29) is 74.0 Å². The highest BCUT2D eigenvalue weighted by Crippen LogP contribution is 2.41. The summed E-state index contributed by atoms with van der Waals surface area (Å²) in [7, 11) is 0. The molecule has 0 spiro atoms. The summed E-state index contributed by atoms with van der Waals surface area (Å²) in [5.74, 6) is -5.80. The molecular weight excluding hydrogens is 1920 g/mol. The van der Waals surface area contributed by atoms with Crippen LogP contribution in [0.5, 0.6) is 5.75 Å². The fraction of sp³-hybridized carbons (Fsp3) is 0.0811. The average Bonchev–Trinajstić information content (AvgIpc) is 1.64. The zero-order chi connectivity index (χ0) is 104. The molecule has 0 radical (unpaired) electrons. The Hall–Kier alpha value is -18.7. The number of fused-ring (bicyclic) bond motifs is 4. The quantitative estimate of drug-likeness (QED) is 0.0462. The van der Waals surface area contributed by atoms with Crippen LogP contribution in [0.1, 0.15) is 93.4 Å². The minimum Gasteiger partial charge on any atom is -0.433 e. The number of hydrogen-bond acceptors (Lipinski definition) is 13. The van der Waals surface area contributed by atoms with E-state index in [2.05, 4.69) is 65.9 Å². The van der Waals surface area contributed by atoms with Gasteiger partial charge in [-0.15, -0.1) is 6.42 Å². The van der Waals surface area contributed by atoms with Crippen molar-refractivity contribution in [2.75, 3.05) is 21.3 Å². The van der Waals surface area contributed by atoms with Gasteiger partial charge in [0.15, 0.2) is 40.6 Å². The van der Waals surface area contributed by atoms with Gasteiger partial charge in [-0.25, -0.2) is 50.7 Å². The third-order valence-electron chi connectivity index (χ3n) is 23.4. The van der Waals surface area contributed by atoms with Crippen molar-refractivity contribution in [2.45, 2.75) is 60.0 Å². The van der Waals surface area contributed by atoms with Crippen molar-refractivity contribution in [3.8, 4) is 108 Å². The highest BCUT2D eigenvalue weighted by molar-refractivity contribution is 6.09. The Morgan fingerprint density at radius 1 is 0.313 bits per heavy atom. The molecule has 0 aliphatic carbocycles. The molecule has 734 valence electrons. The van der Waals surface area contributed by atoms with Crippen LogP contribution in [0.25, 0.3) is 112 Å². The Bertz CT molecular complexity index is 8570. The van der Waals surface area contributed by atoms with Crippen LogP contribution in [-0.2, 0) is 12.4 Å². The second kappa shape index (κ2) is 41.5. The van der Waals surface area contributed by atoms with Crippen LogP contribution >= 0.6 is 0 Å². The Kier molecular flexibility index (Phi) is 28.2. The number of benzene rings is 8. The Balaban J connectivity index is 0.000000134. The number of pyridine rings is 8. The number of imidazole rings is 4. The zero-order valence-corrected chi connectivity index (χ0v) is 77.7. The SMILES string of the molecule is C#Cc1ccc(NC(=O)c2cc(-c3cccn4c(-c5cccc(F)c5F)ncc34)cnc2C)cc1C(F)(F)F.Cc1ccc(NC(=O)c2cc(-c3cccn4c(-c5cccc(F)c5F)ncc34)cnc2C(F)(F)F)cc1.Cc1ccc(NC(=O)c2cc(-c3cccn4c(-c5ccccc5F)ncc34)cnc2C)cc1.Cc1ncc(-c2cccn3c(-c4cccc(F)c4F)ncc23)cc1C(=O)Nc1ccc(OC(C)(F)F)cc1. The van der Waals surface area contributed by atoms with E-state index in [0.29, 0.717) is 102 Å². The number of terminal acetylenes is 1. The lowest BCUT2D eigenvalue weighted by Crippen LogP contribution is -2.20. The Labute approximate surface area is 825 Å². The number of aromatic nitrogens is 12. The monoisotopic (exact) mass is 2000 g/mol. The lowest BCUT2D eigenvalue weighted by molar-refractivity contribution is -0.159. The van der Waals surface area contributed by atoms with Crippen LogP contribution in [0.4, 0.5) is 88.6 Å². The number of alkyl halides is 8. The Morgan fingerprint density at radius 2 is 0.612 bits per heavy atom. The highest BCUT2D eigenvalue weighted by Gasteiger charge is 2.39. The molecule has 4 amide bonds. The van der Waals surface area contributed by atoms with Crippen LogP contribution in [0.15, 0.2) is 317 Å². The zero-order valence-electron chi connectivity index (χ0n) is 77.7. The van der Waals surface area contributed by atoms with Crippen LogP contribution < -0.4 is 26.0 Å². The van der Waals surface area contributed by atoms with Crippen molar-refractivity contribution in [1.82, 2.24) is 57.5 Å². The van der Waals surface area contributed by atoms with Gasteiger partial charge in [-0.2, -0.15) is 35.1 Å². The molecule has 0 aliphatic heterocycles. The molecular formula is C111H75F15N16O5. The normalized spacial score (nSPS) is 11.4. The van der Waals surface area contributed by atoms with Gasteiger partial charge in [0.1, 0.15) is 34.9 Å². The molecule has 36 heteroatoms. The topological polar surface area (TPSA) is 246 Å². The van der Waals surface area contributed by atoms with Crippen LogP contribution in [0.2, 0.25) is 0 Å². The van der Waals surface area contributed by atoms with Crippen molar-refractivity contribution < 1.29 is 89.8 Å². The maximum Gasteiger partial charge on any atom is 0.434 e. The maximum absolute atomic E-state index is 14.5. The third-order valence-corrected chi connectivity index (χ3v) is 23.4. The lowest BCUT2D eigenvalue weighted by atomic mass is 10.0. The van der Waals surface area contributed by atoms with Crippen LogP contribution in [-0.4, -0.2) is 87.2 Å². The largest absolute Gasteiger partial charge is 0.434 e. The van der Waals surface area contributed by atoms with Gasteiger partial charge in [-0.05, 0) is 198 Å². The maximum atomic E-state index is 14.5. The molecule has 8 aromatic carbocycles. The first-order valence-electron chi connectivity index (χ1n) is 44.5. The first-order valence-corrected chi connectivity index (χ1v) is 44.5. The van der Waals surface area contributed by atoms with E-state index in [9.17, 15) is 85.0 Å². The molecule has 0 fully saturated rings. The molecule has 20 aromatic rings. The van der Waals surface area contributed by atoms with Gasteiger partial charge in [0.05, 0.1) is 114 Å². The van der Waals surface area contributed by atoms with Crippen molar-refractivity contribution in [1.29, 1.82) is 0 Å². The summed E-state index contributed by atoms with van der Waals surface area (Å²) < 4.78 is 218. The van der Waals surface area contributed by atoms with E-state index >= 15 is 0 Å². The fourth-order valence-corrected chi connectivity index (χ4v) is 16.1. The second-order valence-corrected chi connectivity index (χ2v) is 33.4. The van der Waals surface area contributed by atoms with E-state index in [1.807, 2.05) is 79.8 Å². The molecule has 0 saturated carbocycles. The predicted octanol–water partition coefficient (Wildman–Crippen LogP) is 26.8. The first-order chi connectivity index (χ1) is 70.3. The smallest absolute Gasteiger partial charge is 0.433 e. The van der Waals surface area contributed by atoms with Gasteiger partial charge in [0.2, 0.25) is 0 Å². The van der Waals surface area contributed by atoms with Crippen molar-refractivity contribution >= 4 is 68.4 Å². The molecule has 4 N–H and O–H groups in total. The van der Waals surface area contributed by atoms with Gasteiger partial charge < -0.3 is 26.0 Å². The average molecular weight is 2000 g/mol. The number of halogens is 15. The molecule has 0 unspecified atom stereocenters. The van der Waals surface area contributed by atoms with Crippen molar-refractivity contribution in [2.24, 2.45) is 0 Å². The summed E-state index contributed by atoms with van der Waals surface area (Å²) in [5.41, 5.74) is 9.64. The molecule has 0 atom stereocenters. The molecule has 0 saturated heterocycles. The minimum absolute atomic E-state index is 0.0170. The summed E-state index contributed by atoms with van der Waals surface area (Å²) in [4.78, 5) is 86.0. The molecule has 21 nitrogen and oxygen atoms in total. The number of ether oxygens (including phenoxy) is 1. The van der Waals surface area contributed by atoms with Crippen molar-refractivity contribution in [3.63, 3.8) is 0 Å². The van der Waals surface area contributed by atoms with Crippen LogP contribution in [0, 0.1) is 87.7 Å². The molecule has 12 heterocycles. The van der Waals surface area contributed by atoms with Crippen LogP contribution in [0.3, 0.4) is 0 Å². The summed E-state index contributed by atoms with van der Waals surface area (Å²) in [6.07, 6.45) is 11.0. The van der Waals surface area contributed by atoms with E-state index in [0.717, 1.165) is 76.1 Å². The summed E-state index contributed by atoms with van der Waals surface area (Å²) in [5, 5.41) is 10.6. The van der Waals surface area contributed by atoms with Gasteiger partial charge in [-0.1, -0.05) is 95.9 Å². The van der Waals surface area contributed by atoms with E-state index in [4.69, 9.17) is 6.42 Å². The number of nitrogens with one attached hydrogen (secondary N) is 4. The number of amides is 4. The number of carbonyl (C=O) groups excluding carboxylic acids is 4. The highest BCUT2D eigenvalue weighted by atomic mass is 19.4. The molecule has 0 bridgehead atoms. The number of carbonyl (C=O) groups is 4. The van der Waals surface area contributed by atoms with Gasteiger partial charge in [0.25, 0.3) is 23.6 Å². The number of rotatable bonds is 18. The molecule has 20 rings (SSSR count). The third kappa shape index (κ3) is 21.6. The van der Waals surface area contributed by atoms with Gasteiger partial charge >= 0.3 is 18.5 Å². The van der Waals surface area contributed by atoms with Gasteiger partial charge in [-0.3, -0.25) is 56.7 Å². The summed E-state index contributed by atoms with van der Waals surface area (Å²) in [6.45, 7) is 9.55. The van der Waals surface area contributed by atoms with E-state index in [1.54, 1.807) is 151 Å². The summed E-state index contributed by atoms with van der Waals surface area (Å²) >= 11 is 0. The Morgan fingerprint density at radius 3 is 0.952 bits per heavy atom. The number of aryl methyl sites for hydroxylation is 5. The lowest BCUT2D eigenvalue weighted by Gasteiger charge is -2.14. The number of anilines is 4. The fourth-order valence-electron chi connectivity index (χ4n) is 16.1. The number of nitrogens with zero attached hydrogens (tertiary/aromatic N) is 12. The summed E-state index contributed by atoms with van der Waals surface area (Å²) in [6, 6.07) is 61.0. The van der Waals surface area contributed by atoms with Crippen molar-refractivity contribution in [3.05, 3.63) is 425 Å².